The van der Waals surface area contributed by atoms with Gasteiger partial charge >= 0.3 is 0 Å². The Morgan fingerprint density at radius 2 is 1.90 bits per heavy atom. The molecule has 2 heterocycles. The third-order valence-corrected chi connectivity index (χ3v) is 7.10. The van der Waals surface area contributed by atoms with Gasteiger partial charge in [0.25, 0.3) is 0 Å². The highest BCUT2D eigenvalue weighted by molar-refractivity contribution is 7.13. The molecule has 1 saturated heterocycles. The van der Waals surface area contributed by atoms with Gasteiger partial charge in [0.15, 0.2) is 11.1 Å². The van der Waals surface area contributed by atoms with Gasteiger partial charge in [0, 0.05) is 44.5 Å². The Kier molecular flexibility index (Phi) is 7.04. The van der Waals surface area contributed by atoms with E-state index < -0.39 is 0 Å². The highest BCUT2D eigenvalue weighted by Crippen LogP contribution is 2.32. The third-order valence-electron chi connectivity index (χ3n) is 6.15. The van der Waals surface area contributed by atoms with Crippen LogP contribution in [0.25, 0.3) is 0 Å². The molecule has 0 atom stereocenters. The van der Waals surface area contributed by atoms with Gasteiger partial charge in [-0.2, -0.15) is 0 Å². The van der Waals surface area contributed by atoms with Crippen molar-refractivity contribution in [2.24, 2.45) is 4.99 Å². The van der Waals surface area contributed by atoms with Gasteiger partial charge in [-0.3, -0.25) is 4.99 Å². The lowest BCUT2D eigenvalue weighted by Gasteiger charge is -2.30. The van der Waals surface area contributed by atoms with Gasteiger partial charge in [0.05, 0.1) is 5.69 Å². The monoisotopic (exact) mass is 411 g/mol. The number of hydrogen-bond acceptors (Lipinski definition) is 4. The fourth-order valence-electron chi connectivity index (χ4n) is 4.46. The first kappa shape index (κ1) is 20.2. The number of nitrogens with one attached hydrogen (secondary N) is 2. The van der Waals surface area contributed by atoms with Crippen molar-refractivity contribution in [2.75, 3.05) is 31.6 Å². The number of anilines is 1. The highest BCUT2D eigenvalue weighted by atomic mass is 32.1. The lowest BCUT2D eigenvalue weighted by molar-refractivity contribution is 0.371. The first-order valence-electron chi connectivity index (χ1n) is 11.0. The molecule has 1 aromatic carbocycles. The molecule has 4 rings (SSSR count). The molecule has 29 heavy (non-hydrogen) atoms. The molecule has 2 fully saturated rings. The largest absolute Gasteiger partial charge is 0.356 e. The smallest absolute Gasteiger partial charge is 0.191 e. The van der Waals surface area contributed by atoms with Gasteiger partial charge < -0.3 is 15.5 Å². The third kappa shape index (κ3) is 5.50. The maximum atomic E-state index is 4.81. The minimum absolute atomic E-state index is 0.516. The molecule has 0 bridgehead atoms. The molecule has 2 aromatic rings. The first-order chi connectivity index (χ1) is 14.3. The van der Waals surface area contributed by atoms with Crippen molar-refractivity contribution < 1.29 is 0 Å². The Labute approximate surface area is 178 Å². The van der Waals surface area contributed by atoms with Crippen LogP contribution in [-0.4, -0.2) is 43.7 Å². The quantitative estimate of drug-likeness (QED) is 0.553. The molecule has 0 spiro atoms. The molecule has 5 nitrogen and oxygen atoms in total. The number of benzene rings is 1. The van der Waals surface area contributed by atoms with E-state index >= 15 is 0 Å². The SMILES string of the molecule is CN=C(NCCc1csc(N2CCCC2)n1)NC1CCC(c2ccccc2)CC1. The van der Waals surface area contributed by atoms with E-state index in [1.807, 2.05) is 7.05 Å². The van der Waals surface area contributed by atoms with Crippen LogP contribution >= 0.6 is 11.3 Å². The fraction of sp³-hybridized carbons (Fsp3) is 0.565. The number of guanidine groups is 1. The zero-order valence-corrected chi connectivity index (χ0v) is 18.3. The van der Waals surface area contributed by atoms with Gasteiger partial charge in [-0.25, -0.2) is 4.98 Å². The van der Waals surface area contributed by atoms with Crippen LogP contribution in [0.5, 0.6) is 0 Å². The summed E-state index contributed by atoms with van der Waals surface area (Å²) in [6, 6.07) is 11.5. The summed E-state index contributed by atoms with van der Waals surface area (Å²) in [5.74, 6) is 1.63. The van der Waals surface area contributed by atoms with E-state index in [9.17, 15) is 0 Å². The molecule has 1 aliphatic carbocycles. The number of aromatic nitrogens is 1. The summed E-state index contributed by atoms with van der Waals surface area (Å²) in [4.78, 5) is 11.6. The van der Waals surface area contributed by atoms with E-state index in [0.29, 0.717) is 12.0 Å². The molecule has 1 aliphatic heterocycles. The van der Waals surface area contributed by atoms with Gasteiger partial charge in [0.2, 0.25) is 0 Å². The minimum atomic E-state index is 0.516. The highest BCUT2D eigenvalue weighted by Gasteiger charge is 2.23. The van der Waals surface area contributed by atoms with Crippen LogP contribution in [0, 0.1) is 0 Å². The lowest BCUT2D eigenvalue weighted by Crippen LogP contribution is -2.45. The molecular formula is C23H33N5S. The fourth-order valence-corrected chi connectivity index (χ4v) is 5.37. The Hall–Kier alpha value is -2.08. The second kappa shape index (κ2) is 10.1. The molecule has 0 unspecified atom stereocenters. The van der Waals surface area contributed by atoms with E-state index in [-0.39, 0.29) is 0 Å². The second-order valence-corrected chi connectivity index (χ2v) is 9.00. The van der Waals surface area contributed by atoms with Gasteiger partial charge in [-0.15, -0.1) is 11.3 Å². The first-order valence-corrected chi connectivity index (χ1v) is 11.9. The summed E-state index contributed by atoms with van der Waals surface area (Å²) in [5.41, 5.74) is 2.67. The van der Waals surface area contributed by atoms with Crippen molar-refractivity contribution >= 4 is 22.4 Å². The summed E-state index contributed by atoms with van der Waals surface area (Å²) in [6.07, 6.45) is 8.42. The second-order valence-electron chi connectivity index (χ2n) is 8.17. The molecule has 0 amide bonds. The predicted octanol–water partition coefficient (Wildman–Crippen LogP) is 4.18. The number of aliphatic imine (C=N–C) groups is 1. The zero-order valence-electron chi connectivity index (χ0n) is 17.4. The summed E-state index contributed by atoms with van der Waals surface area (Å²) < 4.78 is 0. The Morgan fingerprint density at radius 1 is 1.14 bits per heavy atom. The normalized spacial score (nSPS) is 22.7. The van der Waals surface area contributed by atoms with E-state index in [1.54, 1.807) is 11.3 Å². The molecular weight excluding hydrogens is 378 g/mol. The van der Waals surface area contributed by atoms with Crippen LogP contribution in [0.4, 0.5) is 5.13 Å². The van der Waals surface area contributed by atoms with E-state index in [4.69, 9.17) is 4.98 Å². The predicted molar refractivity (Wildman–Crippen MR) is 123 cm³/mol. The van der Waals surface area contributed by atoms with Crippen LogP contribution in [0.2, 0.25) is 0 Å². The molecule has 2 N–H and O–H groups in total. The molecule has 2 aliphatic rings. The molecule has 1 aromatic heterocycles. The Morgan fingerprint density at radius 3 is 2.62 bits per heavy atom. The maximum Gasteiger partial charge on any atom is 0.191 e. The van der Waals surface area contributed by atoms with Crippen LogP contribution in [0.3, 0.4) is 0 Å². The van der Waals surface area contributed by atoms with Crippen LogP contribution in [0.15, 0.2) is 40.7 Å². The Balaban J connectivity index is 1.18. The van der Waals surface area contributed by atoms with Crippen LogP contribution in [0.1, 0.15) is 55.7 Å². The summed E-state index contributed by atoms with van der Waals surface area (Å²) in [7, 11) is 1.86. The van der Waals surface area contributed by atoms with Crippen LogP contribution in [-0.2, 0) is 6.42 Å². The lowest BCUT2D eigenvalue weighted by atomic mass is 9.82. The van der Waals surface area contributed by atoms with Gasteiger partial charge in [-0.1, -0.05) is 30.3 Å². The van der Waals surface area contributed by atoms with Crippen molar-refractivity contribution in [1.82, 2.24) is 15.6 Å². The number of nitrogens with zero attached hydrogens (tertiary/aromatic N) is 3. The number of rotatable bonds is 6. The van der Waals surface area contributed by atoms with Crippen LogP contribution < -0.4 is 15.5 Å². The molecule has 6 heteroatoms. The number of thiazole rings is 1. The zero-order chi connectivity index (χ0) is 19.9. The molecule has 1 saturated carbocycles. The summed E-state index contributed by atoms with van der Waals surface area (Å²) >= 11 is 1.78. The topological polar surface area (TPSA) is 52.6 Å². The number of hydrogen-bond donors (Lipinski definition) is 2. The van der Waals surface area contributed by atoms with Crippen molar-refractivity contribution in [3.8, 4) is 0 Å². The van der Waals surface area contributed by atoms with Crippen molar-refractivity contribution in [3.05, 3.63) is 47.0 Å². The van der Waals surface area contributed by atoms with E-state index in [1.165, 1.54) is 54.9 Å². The molecule has 0 radical (unpaired) electrons. The van der Waals surface area contributed by atoms with Gasteiger partial charge in [0.1, 0.15) is 0 Å². The van der Waals surface area contributed by atoms with Crippen molar-refractivity contribution in [2.45, 2.75) is 56.9 Å². The average molecular weight is 412 g/mol. The average Bonchev–Trinajstić information content (AvgIpc) is 3.46. The summed E-state index contributed by atoms with van der Waals surface area (Å²) in [6.45, 7) is 3.19. The van der Waals surface area contributed by atoms with Crippen molar-refractivity contribution in [1.29, 1.82) is 0 Å². The van der Waals surface area contributed by atoms with Crippen molar-refractivity contribution in [3.63, 3.8) is 0 Å². The summed E-state index contributed by atoms with van der Waals surface area (Å²) in [5, 5.41) is 10.5. The minimum Gasteiger partial charge on any atom is -0.356 e. The molecule has 156 valence electrons. The van der Waals surface area contributed by atoms with E-state index in [2.05, 4.69) is 56.2 Å². The Bertz CT molecular complexity index is 774. The van der Waals surface area contributed by atoms with Gasteiger partial charge in [-0.05, 0) is 50.0 Å². The maximum absolute atomic E-state index is 4.81. The van der Waals surface area contributed by atoms with E-state index in [0.717, 1.165) is 32.0 Å². The standard InChI is InChI=1S/C23H33N5S/c1-24-22(25-14-13-21-17-29-23(27-21)28-15-5-6-16-28)26-20-11-9-19(10-12-20)18-7-3-2-4-8-18/h2-4,7-8,17,19-20H,5-6,9-16H2,1H3,(H2,24,25,26).